The van der Waals surface area contributed by atoms with Crippen molar-refractivity contribution in [2.24, 2.45) is 17.3 Å². The highest BCUT2D eigenvalue weighted by Crippen LogP contribution is 2.62. The standard InChI is InChI=1S/C23H31NO4/c1-15(2)18-5-3-4-6-19(18)24-20(25)13-28-21(26)12-22-8-16-7-17(9-22)11-23(27,10-16)14-22/h3-6,15-17,27H,7-14H2,1-2H3,(H,24,25)/t16-,17+,22?,23?. The Morgan fingerprint density at radius 3 is 2.50 bits per heavy atom. The van der Waals surface area contributed by atoms with Gasteiger partial charge in [-0.05, 0) is 73.3 Å². The van der Waals surface area contributed by atoms with Gasteiger partial charge in [0.15, 0.2) is 6.61 Å². The van der Waals surface area contributed by atoms with Crippen molar-refractivity contribution in [3.8, 4) is 0 Å². The maximum Gasteiger partial charge on any atom is 0.306 e. The number of nitrogens with one attached hydrogen (secondary N) is 1. The SMILES string of the molecule is CC(C)c1ccccc1NC(=O)COC(=O)CC12C[C@@H]3C[C@@H](CC(O)(C3)C1)C2. The molecule has 0 aromatic heterocycles. The molecule has 4 aliphatic rings. The van der Waals surface area contributed by atoms with Gasteiger partial charge in [-0.2, -0.15) is 0 Å². The summed E-state index contributed by atoms with van der Waals surface area (Å²) >= 11 is 0. The van der Waals surface area contributed by atoms with E-state index in [-0.39, 0.29) is 23.9 Å². The maximum atomic E-state index is 12.5. The second-order valence-corrected chi connectivity index (χ2v) is 9.81. The van der Waals surface area contributed by atoms with Crippen LogP contribution in [0.15, 0.2) is 24.3 Å². The van der Waals surface area contributed by atoms with Crippen LogP contribution in [0.4, 0.5) is 5.69 Å². The van der Waals surface area contributed by atoms with Gasteiger partial charge in [0.1, 0.15) is 0 Å². The molecule has 0 heterocycles. The van der Waals surface area contributed by atoms with Gasteiger partial charge in [0.2, 0.25) is 0 Å². The van der Waals surface area contributed by atoms with Crippen LogP contribution in [0.2, 0.25) is 0 Å². The third kappa shape index (κ3) is 3.95. The summed E-state index contributed by atoms with van der Waals surface area (Å²) in [6, 6.07) is 7.69. The Labute approximate surface area is 166 Å². The molecule has 152 valence electrons. The lowest BCUT2D eigenvalue weighted by molar-refractivity contribution is -0.177. The summed E-state index contributed by atoms with van der Waals surface area (Å²) in [5, 5.41) is 13.7. The Morgan fingerprint density at radius 2 is 1.86 bits per heavy atom. The van der Waals surface area contributed by atoms with Crippen molar-refractivity contribution in [3.63, 3.8) is 0 Å². The first-order chi connectivity index (χ1) is 13.3. The average molecular weight is 386 g/mol. The second kappa shape index (κ2) is 7.18. The Kier molecular flexibility index (Phi) is 4.98. The molecule has 5 heteroatoms. The number of benzene rings is 1. The number of ether oxygens (including phenoxy) is 1. The smallest absolute Gasteiger partial charge is 0.306 e. The van der Waals surface area contributed by atoms with Crippen molar-refractivity contribution in [2.45, 2.75) is 70.3 Å². The van der Waals surface area contributed by atoms with E-state index in [1.165, 1.54) is 6.42 Å². The molecule has 4 atom stereocenters. The van der Waals surface area contributed by atoms with Gasteiger partial charge in [-0.3, -0.25) is 9.59 Å². The molecule has 0 radical (unpaired) electrons. The van der Waals surface area contributed by atoms with E-state index in [0.717, 1.165) is 36.9 Å². The molecule has 2 N–H and O–H groups in total. The number of aliphatic hydroxyl groups is 1. The molecule has 5 nitrogen and oxygen atoms in total. The normalized spacial score (nSPS) is 33.1. The topological polar surface area (TPSA) is 75.6 Å². The van der Waals surface area contributed by atoms with Crippen molar-refractivity contribution >= 4 is 17.6 Å². The molecule has 4 saturated carbocycles. The lowest BCUT2D eigenvalue weighted by Crippen LogP contribution is -2.56. The molecule has 1 aromatic carbocycles. The predicted molar refractivity (Wildman–Crippen MR) is 107 cm³/mol. The number of rotatable bonds is 6. The molecule has 4 bridgehead atoms. The van der Waals surface area contributed by atoms with Gasteiger partial charge in [-0.1, -0.05) is 32.0 Å². The van der Waals surface area contributed by atoms with E-state index in [9.17, 15) is 14.7 Å². The fraction of sp³-hybridized carbons (Fsp3) is 0.652. The predicted octanol–water partition coefficient (Wildman–Crippen LogP) is 4.01. The lowest BCUT2D eigenvalue weighted by Gasteiger charge is -2.60. The summed E-state index contributed by atoms with van der Waals surface area (Å²) in [6.45, 7) is 3.88. The average Bonchev–Trinajstić information content (AvgIpc) is 2.57. The minimum absolute atomic E-state index is 0.128. The highest BCUT2D eigenvalue weighted by molar-refractivity contribution is 5.93. The first kappa shape index (κ1) is 19.4. The number of carbonyl (C=O) groups excluding carboxylic acids is 2. The van der Waals surface area contributed by atoms with Gasteiger partial charge in [-0.25, -0.2) is 0 Å². The van der Waals surface area contributed by atoms with Gasteiger partial charge in [0.05, 0.1) is 12.0 Å². The molecule has 1 aromatic rings. The highest BCUT2D eigenvalue weighted by Gasteiger charge is 2.57. The fourth-order valence-electron chi connectivity index (χ4n) is 6.41. The minimum Gasteiger partial charge on any atom is -0.456 e. The zero-order valence-corrected chi connectivity index (χ0v) is 16.9. The minimum atomic E-state index is -0.581. The van der Waals surface area contributed by atoms with Crippen LogP contribution in [0.3, 0.4) is 0 Å². The van der Waals surface area contributed by atoms with Gasteiger partial charge >= 0.3 is 5.97 Å². The zero-order valence-electron chi connectivity index (χ0n) is 16.9. The number of anilines is 1. The number of amides is 1. The lowest BCUT2D eigenvalue weighted by atomic mass is 9.47. The van der Waals surface area contributed by atoms with Gasteiger partial charge in [-0.15, -0.1) is 0 Å². The Morgan fingerprint density at radius 1 is 1.18 bits per heavy atom. The molecule has 4 fully saturated rings. The zero-order chi connectivity index (χ0) is 19.9. The van der Waals surface area contributed by atoms with E-state index < -0.39 is 5.60 Å². The van der Waals surface area contributed by atoms with E-state index in [1.54, 1.807) is 0 Å². The molecule has 5 rings (SSSR count). The number of esters is 1. The van der Waals surface area contributed by atoms with Crippen LogP contribution in [0.25, 0.3) is 0 Å². The third-order valence-corrected chi connectivity index (χ3v) is 6.89. The summed E-state index contributed by atoms with van der Waals surface area (Å²) < 4.78 is 5.32. The van der Waals surface area contributed by atoms with Crippen LogP contribution >= 0.6 is 0 Å². The molecule has 2 unspecified atom stereocenters. The molecule has 28 heavy (non-hydrogen) atoms. The first-order valence-electron chi connectivity index (χ1n) is 10.5. The Bertz CT molecular complexity index is 758. The highest BCUT2D eigenvalue weighted by atomic mass is 16.5. The quantitative estimate of drug-likeness (QED) is 0.726. The van der Waals surface area contributed by atoms with Crippen LogP contribution in [0.5, 0.6) is 0 Å². The molecule has 0 saturated heterocycles. The maximum absolute atomic E-state index is 12.5. The van der Waals surface area contributed by atoms with Crippen molar-refractivity contribution in [2.75, 3.05) is 11.9 Å². The molecule has 0 spiro atoms. The van der Waals surface area contributed by atoms with Gasteiger partial charge < -0.3 is 15.2 Å². The largest absolute Gasteiger partial charge is 0.456 e. The van der Waals surface area contributed by atoms with Crippen LogP contribution in [-0.4, -0.2) is 29.2 Å². The summed E-state index contributed by atoms with van der Waals surface area (Å²) in [7, 11) is 0. The van der Waals surface area contributed by atoms with Crippen LogP contribution in [-0.2, 0) is 14.3 Å². The second-order valence-electron chi connectivity index (χ2n) is 9.81. The third-order valence-electron chi connectivity index (χ3n) is 6.89. The summed E-state index contributed by atoms with van der Waals surface area (Å²) in [5.74, 6) is 0.731. The summed E-state index contributed by atoms with van der Waals surface area (Å²) in [5.41, 5.74) is 1.12. The van der Waals surface area contributed by atoms with Gasteiger partial charge in [0, 0.05) is 5.69 Å². The first-order valence-corrected chi connectivity index (χ1v) is 10.5. The van der Waals surface area contributed by atoms with Crippen molar-refractivity contribution < 1.29 is 19.4 Å². The van der Waals surface area contributed by atoms with Crippen molar-refractivity contribution in [1.29, 1.82) is 0 Å². The van der Waals surface area contributed by atoms with Gasteiger partial charge in [0.25, 0.3) is 5.91 Å². The van der Waals surface area contributed by atoms with Crippen LogP contribution < -0.4 is 5.32 Å². The van der Waals surface area contributed by atoms with E-state index in [4.69, 9.17) is 4.74 Å². The van der Waals surface area contributed by atoms with Crippen LogP contribution in [0, 0.1) is 17.3 Å². The molecule has 1 amide bonds. The number of hydrogen-bond acceptors (Lipinski definition) is 4. The summed E-state index contributed by atoms with van der Waals surface area (Å²) in [6.07, 6.45) is 6.00. The number of carbonyl (C=O) groups is 2. The van der Waals surface area contributed by atoms with E-state index in [1.807, 2.05) is 24.3 Å². The Hall–Kier alpha value is -1.88. The fourth-order valence-corrected chi connectivity index (χ4v) is 6.41. The van der Waals surface area contributed by atoms with E-state index in [2.05, 4.69) is 19.2 Å². The Balaban J connectivity index is 1.31. The number of para-hydroxylation sites is 1. The summed E-state index contributed by atoms with van der Waals surface area (Å²) in [4.78, 5) is 24.8. The monoisotopic (exact) mass is 385 g/mol. The van der Waals surface area contributed by atoms with Crippen LogP contribution in [0.1, 0.15) is 70.3 Å². The molecular weight excluding hydrogens is 354 g/mol. The number of hydrogen-bond donors (Lipinski definition) is 2. The molecule has 4 aliphatic carbocycles. The molecular formula is C23H31NO4. The molecule has 0 aliphatic heterocycles. The van der Waals surface area contributed by atoms with Crippen molar-refractivity contribution in [3.05, 3.63) is 29.8 Å². The van der Waals surface area contributed by atoms with Crippen molar-refractivity contribution in [1.82, 2.24) is 0 Å². The van der Waals surface area contributed by atoms with E-state index in [0.29, 0.717) is 30.6 Å². The van der Waals surface area contributed by atoms with E-state index >= 15 is 0 Å².